The first kappa shape index (κ1) is 8.75. The Morgan fingerprint density at radius 3 is 2.70 bits per heavy atom. The number of ether oxygens (including phenoxy) is 1. The molecular formula is C18H14O2. The fourth-order valence-electron chi connectivity index (χ4n) is 2.86. The Morgan fingerprint density at radius 1 is 1.10 bits per heavy atom. The van der Waals surface area contributed by atoms with Crippen molar-refractivity contribution in [3.63, 3.8) is 0 Å². The van der Waals surface area contributed by atoms with Gasteiger partial charge in [0.05, 0.1) is 14.9 Å². The maximum absolute atomic E-state index is 12.4. The van der Waals surface area contributed by atoms with E-state index in [1.165, 1.54) is 0 Å². The van der Waals surface area contributed by atoms with Crippen LogP contribution < -0.4 is 0 Å². The first-order valence-electron chi connectivity index (χ1n) is 8.06. The smallest absolute Gasteiger partial charge is 0.335 e. The molecule has 2 aromatic carbocycles. The van der Waals surface area contributed by atoms with E-state index in [9.17, 15) is 4.79 Å². The lowest BCUT2D eigenvalue weighted by atomic mass is 9.77. The lowest BCUT2D eigenvalue weighted by Gasteiger charge is -2.23. The van der Waals surface area contributed by atoms with Crippen LogP contribution in [-0.4, -0.2) is 12.5 Å². The van der Waals surface area contributed by atoms with Crippen molar-refractivity contribution in [1.82, 2.24) is 0 Å². The lowest BCUT2D eigenvalue weighted by molar-refractivity contribution is -0.135. The number of carbonyl (C=O) groups excluding carboxylic acids is 1. The minimum atomic E-state index is -2.34. The Bertz CT molecular complexity index is 842. The molecule has 0 amide bonds. The summed E-state index contributed by atoms with van der Waals surface area (Å²) in [5.74, 6) is -2.47. The summed E-state index contributed by atoms with van der Waals surface area (Å²) in [6.45, 7) is -2.34. The van der Waals surface area contributed by atoms with E-state index in [1.807, 2.05) is 54.6 Å². The molecule has 0 aromatic heterocycles. The molecule has 98 valence electrons. The molecule has 2 aromatic rings. The number of cyclic esters (lactones) is 1. The second-order valence-electron chi connectivity index (χ2n) is 4.92. The molecule has 0 saturated carbocycles. The normalized spacial score (nSPS) is 28.8. The summed E-state index contributed by atoms with van der Waals surface area (Å²) in [7, 11) is 0. The number of esters is 1. The number of fused-ring (bicyclic) bond motifs is 2. The van der Waals surface area contributed by atoms with Crippen LogP contribution >= 0.6 is 0 Å². The zero-order chi connectivity index (χ0) is 16.2. The van der Waals surface area contributed by atoms with E-state index < -0.39 is 18.4 Å². The van der Waals surface area contributed by atoms with Crippen LogP contribution in [0.4, 0.5) is 0 Å². The highest BCUT2D eigenvalue weighted by molar-refractivity contribution is 6.05. The quantitative estimate of drug-likeness (QED) is 0.740. The molecule has 1 saturated heterocycles. The average Bonchev–Trinajstić information content (AvgIpc) is 2.71. The Balaban J connectivity index is 2.10. The Labute approximate surface area is 121 Å². The third kappa shape index (κ3) is 1.61. The third-order valence-electron chi connectivity index (χ3n) is 3.74. The molecule has 20 heavy (non-hydrogen) atoms. The molecular weight excluding hydrogens is 248 g/mol. The Kier molecular flexibility index (Phi) is 1.90. The number of carbonyl (C=O) groups is 1. The molecule has 1 unspecified atom stereocenters. The topological polar surface area (TPSA) is 26.3 Å². The van der Waals surface area contributed by atoms with Gasteiger partial charge in [0.2, 0.25) is 0 Å². The Hall–Kier alpha value is -2.35. The van der Waals surface area contributed by atoms with Crippen molar-refractivity contribution in [3.05, 3.63) is 76.9 Å². The molecule has 0 radical (unpaired) electrons. The van der Waals surface area contributed by atoms with Crippen LogP contribution in [0.1, 0.15) is 20.8 Å². The number of benzene rings is 2. The van der Waals surface area contributed by atoms with E-state index in [1.54, 1.807) is 0 Å². The van der Waals surface area contributed by atoms with Gasteiger partial charge >= 0.3 is 5.97 Å². The van der Waals surface area contributed by atoms with E-state index >= 15 is 0 Å². The largest absolute Gasteiger partial charge is 0.462 e. The van der Waals surface area contributed by atoms with Gasteiger partial charge in [-0.25, -0.2) is 4.79 Å². The summed E-state index contributed by atoms with van der Waals surface area (Å²) in [6.07, 6.45) is 0.119. The van der Waals surface area contributed by atoms with E-state index in [2.05, 4.69) is 0 Å². The van der Waals surface area contributed by atoms with E-state index in [0.717, 1.165) is 16.7 Å². The number of hydrogen-bond acceptors (Lipinski definition) is 2. The summed E-state index contributed by atoms with van der Waals surface area (Å²) in [4.78, 5) is 12.4. The van der Waals surface area contributed by atoms with Gasteiger partial charge in [-0.1, -0.05) is 54.6 Å². The van der Waals surface area contributed by atoms with Gasteiger partial charge in [-0.05, 0) is 23.1 Å². The van der Waals surface area contributed by atoms with Crippen LogP contribution in [0.3, 0.4) is 0 Å². The molecule has 1 fully saturated rings. The predicted molar refractivity (Wildman–Crippen MR) is 77.1 cm³/mol. The summed E-state index contributed by atoms with van der Waals surface area (Å²) in [5, 5.41) is 0. The minimum absolute atomic E-state index is 0.118. The highest BCUT2D eigenvalue weighted by Crippen LogP contribution is 2.41. The van der Waals surface area contributed by atoms with Gasteiger partial charge < -0.3 is 4.74 Å². The van der Waals surface area contributed by atoms with Crippen LogP contribution in [0, 0.1) is 5.89 Å². The second kappa shape index (κ2) is 4.34. The predicted octanol–water partition coefficient (Wildman–Crippen LogP) is 3.22. The molecule has 1 atom stereocenters. The third-order valence-corrected chi connectivity index (χ3v) is 3.74. The average molecular weight is 265 g/mol. The van der Waals surface area contributed by atoms with Gasteiger partial charge in [0.15, 0.2) is 0 Å². The van der Waals surface area contributed by atoms with Crippen molar-refractivity contribution < 1.29 is 13.6 Å². The SMILES string of the molecule is [2H]C1([2H])OC(=O)C2=C(c3ccccc3)c3ccccc3CC21[2H]. The van der Waals surface area contributed by atoms with Crippen LogP contribution in [0.15, 0.2) is 60.2 Å². The van der Waals surface area contributed by atoms with Gasteiger partial charge in [-0.15, -0.1) is 0 Å². The molecule has 1 aliphatic heterocycles. The first-order valence-corrected chi connectivity index (χ1v) is 6.56. The van der Waals surface area contributed by atoms with Gasteiger partial charge in [0.25, 0.3) is 0 Å². The van der Waals surface area contributed by atoms with Crippen LogP contribution in [0.5, 0.6) is 0 Å². The molecule has 1 aliphatic carbocycles. The van der Waals surface area contributed by atoms with Gasteiger partial charge in [-0.2, -0.15) is 0 Å². The van der Waals surface area contributed by atoms with Crippen molar-refractivity contribution in [2.75, 3.05) is 6.56 Å². The molecule has 1 heterocycles. The molecule has 4 rings (SSSR count). The van der Waals surface area contributed by atoms with Gasteiger partial charge in [-0.3, -0.25) is 0 Å². The van der Waals surface area contributed by atoms with Crippen LogP contribution in [-0.2, 0) is 16.0 Å². The minimum Gasteiger partial charge on any atom is -0.462 e. The van der Waals surface area contributed by atoms with Crippen LogP contribution in [0.2, 0.25) is 0 Å². The monoisotopic (exact) mass is 265 g/mol. The van der Waals surface area contributed by atoms with E-state index in [-0.39, 0.29) is 12.0 Å². The van der Waals surface area contributed by atoms with Gasteiger partial charge in [0, 0.05) is 12.8 Å². The molecule has 0 spiro atoms. The molecule has 2 nitrogen and oxygen atoms in total. The zero-order valence-electron chi connectivity index (χ0n) is 13.7. The fourth-order valence-corrected chi connectivity index (χ4v) is 2.86. The van der Waals surface area contributed by atoms with E-state index in [4.69, 9.17) is 8.85 Å². The Morgan fingerprint density at radius 2 is 1.85 bits per heavy atom. The van der Waals surface area contributed by atoms with Gasteiger partial charge in [0.1, 0.15) is 0 Å². The second-order valence-corrected chi connectivity index (χ2v) is 4.92. The van der Waals surface area contributed by atoms with Crippen molar-refractivity contribution in [1.29, 1.82) is 0 Å². The maximum atomic E-state index is 12.4. The summed E-state index contributed by atoms with van der Waals surface area (Å²) >= 11 is 0. The van der Waals surface area contributed by atoms with Crippen molar-refractivity contribution >= 4 is 11.5 Å². The fraction of sp³-hybridized carbons (Fsp3) is 0.167. The summed E-state index contributed by atoms with van der Waals surface area (Å²) in [6, 6.07) is 16.9. The molecule has 0 bridgehead atoms. The molecule has 2 aliphatic rings. The first-order chi connectivity index (χ1) is 10.9. The lowest BCUT2D eigenvalue weighted by Crippen LogP contribution is -2.17. The van der Waals surface area contributed by atoms with Crippen LogP contribution in [0.25, 0.3) is 5.57 Å². The standard InChI is InChI=1S/C18H14O2/c19-18-17-14(11-20-18)10-13-8-4-5-9-15(13)16(17)12-6-2-1-3-7-12/h1-9,14H,10-11H2/i11D2,14D. The van der Waals surface area contributed by atoms with Crippen molar-refractivity contribution in [2.45, 2.75) is 6.42 Å². The zero-order valence-corrected chi connectivity index (χ0v) is 10.7. The number of rotatable bonds is 1. The highest BCUT2D eigenvalue weighted by Gasteiger charge is 2.38. The molecule has 0 N–H and O–H groups in total. The summed E-state index contributed by atoms with van der Waals surface area (Å²) in [5.41, 5.74) is 3.24. The highest BCUT2D eigenvalue weighted by atomic mass is 16.5. The summed E-state index contributed by atoms with van der Waals surface area (Å²) < 4.78 is 29.7. The van der Waals surface area contributed by atoms with E-state index in [0.29, 0.717) is 5.57 Å². The number of hydrogen-bond donors (Lipinski definition) is 0. The maximum Gasteiger partial charge on any atom is 0.335 e. The van der Waals surface area contributed by atoms with Crippen molar-refractivity contribution in [2.24, 2.45) is 5.89 Å². The van der Waals surface area contributed by atoms with Crippen molar-refractivity contribution in [3.8, 4) is 0 Å². The molecule has 2 heteroatoms.